The van der Waals surface area contributed by atoms with Crippen molar-refractivity contribution in [3.63, 3.8) is 0 Å². The lowest BCUT2D eigenvalue weighted by Gasteiger charge is -2.24. The van der Waals surface area contributed by atoms with Crippen LogP contribution in [0.3, 0.4) is 0 Å². The predicted molar refractivity (Wildman–Crippen MR) is 93.2 cm³/mol. The topological polar surface area (TPSA) is 76.4 Å². The van der Waals surface area contributed by atoms with E-state index in [1.54, 1.807) is 18.1 Å². The molecule has 7 heteroatoms. The molecule has 2 heterocycles. The van der Waals surface area contributed by atoms with Crippen molar-refractivity contribution in [2.24, 2.45) is 4.99 Å². The van der Waals surface area contributed by atoms with Gasteiger partial charge in [0.05, 0.1) is 11.3 Å². The third-order valence-corrected chi connectivity index (χ3v) is 4.23. The van der Waals surface area contributed by atoms with Crippen LogP contribution in [0.2, 0.25) is 0 Å². The lowest BCUT2D eigenvalue weighted by atomic mass is 10.0. The summed E-state index contributed by atoms with van der Waals surface area (Å²) in [6.07, 6.45) is 5.42. The quantitative estimate of drug-likeness (QED) is 0.642. The average molecular weight is 328 g/mol. The Hall–Kier alpha value is -2.41. The van der Waals surface area contributed by atoms with Gasteiger partial charge < -0.3 is 15.4 Å². The van der Waals surface area contributed by atoms with Crippen LogP contribution < -0.4 is 10.6 Å². The van der Waals surface area contributed by atoms with Crippen molar-refractivity contribution in [1.29, 1.82) is 0 Å². The first kappa shape index (κ1) is 16.4. The first-order chi connectivity index (χ1) is 11.7. The summed E-state index contributed by atoms with van der Waals surface area (Å²) in [5.74, 6) is 0.784. The second-order valence-electron chi connectivity index (χ2n) is 6.19. The van der Waals surface area contributed by atoms with E-state index in [-0.39, 0.29) is 5.60 Å². The number of aromatic nitrogens is 3. The van der Waals surface area contributed by atoms with Crippen molar-refractivity contribution in [1.82, 2.24) is 25.4 Å². The van der Waals surface area contributed by atoms with Gasteiger partial charge in [-0.1, -0.05) is 12.1 Å². The van der Waals surface area contributed by atoms with E-state index in [1.165, 1.54) is 11.9 Å². The van der Waals surface area contributed by atoms with Crippen LogP contribution in [0.5, 0.6) is 0 Å². The minimum Gasteiger partial charge on any atom is -0.373 e. The minimum absolute atomic E-state index is 0.0862. The second kappa shape index (κ2) is 7.44. The van der Waals surface area contributed by atoms with Gasteiger partial charge in [0.2, 0.25) is 0 Å². The Kier molecular flexibility index (Phi) is 5.10. The number of guanidine groups is 1. The highest BCUT2D eigenvalue weighted by Crippen LogP contribution is 2.23. The molecule has 0 radical (unpaired) electrons. The third kappa shape index (κ3) is 4.11. The monoisotopic (exact) mass is 328 g/mol. The summed E-state index contributed by atoms with van der Waals surface area (Å²) in [5.41, 5.74) is 2.08. The van der Waals surface area contributed by atoms with E-state index in [1.807, 2.05) is 12.1 Å². The zero-order valence-corrected chi connectivity index (χ0v) is 14.2. The maximum absolute atomic E-state index is 5.79. The molecule has 7 nitrogen and oxygen atoms in total. The summed E-state index contributed by atoms with van der Waals surface area (Å²) >= 11 is 0. The summed E-state index contributed by atoms with van der Waals surface area (Å²) in [7, 11) is 1.78. The molecule has 1 saturated heterocycles. The molecule has 2 aromatic rings. The molecule has 0 spiro atoms. The standard InChI is InChI=1S/C17H24N6O/c1-17(8-3-9-24-17)11-21-16(18-2)20-10-14-4-6-15(7-5-14)23-13-19-12-22-23/h4-7,12-13H,3,8-11H2,1-2H3,(H2,18,20,21). The molecule has 3 rings (SSSR count). The fraction of sp³-hybridized carbons (Fsp3) is 0.471. The highest BCUT2D eigenvalue weighted by atomic mass is 16.5. The van der Waals surface area contributed by atoms with Crippen molar-refractivity contribution in [3.8, 4) is 5.69 Å². The first-order valence-corrected chi connectivity index (χ1v) is 8.21. The summed E-state index contributed by atoms with van der Waals surface area (Å²) in [5, 5.41) is 10.8. The van der Waals surface area contributed by atoms with Gasteiger partial charge in [0, 0.05) is 26.7 Å². The van der Waals surface area contributed by atoms with Crippen LogP contribution in [0.4, 0.5) is 0 Å². The summed E-state index contributed by atoms with van der Waals surface area (Å²) < 4.78 is 7.52. The van der Waals surface area contributed by atoms with Crippen LogP contribution >= 0.6 is 0 Å². The number of hydrogen-bond donors (Lipinski definition) is 2. The lowest BCUT2D eigenvalue weighted by Crippen LogP contribution is -2.45. The molecule has 128 valence electrons. The number of hydrogen-bond acceptors (Lipinski definition) is 4. The smallest absolute Gasteiger partial charge is 0.191 e. The molecule has 2 N–H and O–H groups in total. The molecule has 24 heavy (non-hydrogen) atoms. The molecule has 0 amide bonds. The molecule has 1 aliphatic heterocycles. The number of ether oxygens (including phenoxy) is 1. The highest BCUT2D eigenvalue weighted by molar-refractivity contribution is 5.79. The van der Waals surface area contributed by atoms with Gasteiger partial charge in [0.25, 0.3) is 0 Å². The van der Waals surface area contributed by atoms with Gasteiger partial charge in [-0.05, 0) is 37.5 Å². The van der Waals surface area contributed by atoms with E-state index in [9.17, 15) is 0 Å². The Balaban J connectivity index is 1.50. The molecule has 0 aliphatic carbocycles. The number of nitrogens with one attached hydrogen (secondary N) is 2. The molecular weight excluding hydrogens is 304 g/mol. The van der Waals surface area contributed by atoms with Crippen LogP contribution in [0.1, 0.15) is 25.3 Å². The van der Waals surface area contributed by atoms with Gasteiger partial charge in [-0.15, -0.1) is 0 Å². The van der Waals surface area contributed by atoms with E-state index in [0.717, 1.165) is 37.6 Å². The van der Waals surface area contributed by atoms with Crippen LogP contribution in [0, 0.1) is 0 Å². The van der Waals surface area contributed by atoms with Crippen molar-refractivity contribution < 1.29 is 4.74 Å². The molecule has 1 aliphatic rings. The largest absolute Gasteiger partial charge is 0.373 e. The van der Waals surface area contributed by atoms with Crippen molar-refractivity contribution >= 4 is 5.96 Å². The van der Waals surface area contributed by atoms with Gasteiger partial charge in [-0.2, -0.15) is 5.10 Å². The minimum atomic E-state index is -0.0862. The Labute approximate surface area is 142 Å². The predicted octanol–water partition coefficient (Wildman–Crippen LogP) is 1.50. The lowest BCUT2D eigenvalue weighted by molar-refractivity contribution is 0.0243. The zero-order chi connectivity index (χ0) is 16.8. The molecule has 1 aromatic carbocycles. The summed E-state index contributed by atoms with van der Waals surface area (Å²) in [6, 6.07) is 8.18. The Morgan fingerprint density at radius 3 is 2.79 bits per heavy atom. The van der Waals surface area contributed by atoms with Crippen LogP contribution in [0.15, 0.2) is 41.9 Å². The number of aliphatic imine (C=N–C) groups is 1. The molecule has 1 atom stereocenters. The molecule has 1 unspecified atom stereocenters. The third-order valence-electron chi connectivity index (χ3n) is 4.23. The fourth-order valence-corrected chi connectivity index (χ4v) is 2.76. The van der Waals surface area contributed by atoms with E-state index in [0.29, 0.717) is 6.54 Å². The summed E-state index contributed by atoms with van der Waals surface area (Å²) in [6.45, 7) is 4.46. The van der Waals surface area contributed by atoms with Gasteiger partial charge in [0.1, 0.15) is 12.7 Å². The second-order valence-corrected chi connectivity index (χ2v) is 6.19. The maximum atomic E-state index is 5.79. The van der Waals surface area contributed by atoms with Crippen molar-refractivity contribution in [2.75, 3.05) is 20.2 Å². The SMILES string of the molecule is CN=C(NCc1ccc(-n2cncn2)cc1)NCC1(C)CCCO1. The first-order valence-electron chi connectivity index (χ1n) is 8.21. The zero-order valence-electron chi connectivity index (χ0n) is 14.2. The summed E-state index contributed by atoms with van der Waals surface area (Å²) in [4.78, 5) is 8.23. The van der Waals surface area contributed by atoms with E-state index < -0.39 is 0 Å². The highest BCUT2D eigenvalue weighted by Gasteiger charge is 2.29. The molecular formula is C17H24N6O. The van der Waals surface area contributed by atoms with Gasteiger partial charge in [-0.3, -0.25) is 4.99 Å². The number of nitrogens with zero attached hydrogens (tertiary/aromatic N) is 4. The normalized spacial score (nSPS) is 21.0. The number of rotatable bonds is 5. The maximum Gasteiger partial charge on any atom is 0.191 e. The molecule has 0 bridgehead atoms. The molecule has 0 saturated carbocycles. The number of benzene rings is 1. The average Bonchev–Trinajstić information content (AvgIpc) is 3.28. The van der Waals surface area contributed by atoms with E-state index >= 15 is 0 Å². The van der Waals surface area contributed by atoms with Crippen molar-refractivity contribution in [2.45, 2.75) is 31.9 Å². The van der Waals surface area contributed by atoms with Gasteiger partial charge >= 0.3 is 0 Å². The van der Waals surface area contributed by atoms with Gasteiger partial charge in [-0.25, -0.2) is 9.67 Å². The van der Waals surface area contributed by atoms with Crippen LogP contribution in [-0.4, -0.2) is 46.5 Å². The Morgan fingerprint density at radius 1 is 1.33 bits per heavy atom. The van der Waals surface area contributed by atoms with Crippen LogP contribution in [0.25, 0.3) is 5.69 Å². The van der Waals surface area contributed by atoms with E-state index in [4.69, 9.17) is 4.74 Å². The van der Waals surface area contributed by atoms with Gasteiger partial charge in [0.15, 0.2) is 5.96 Å². The Morgan fingerprint density at radius 2 is 2.17 bits per heavy atom. The van der Waals surface area contributed by atoms with Crippen LogP contribution in [-0.2, 0) is 11.3 Å². The van der Waals surface area contributed by atoms with E-state index in [2.05, 4.69) is 44.8 Å². The Bertz CT molecular complexity index is 659. The van der Waals surface area contributed by atoms with Crippen molar-refractivity contribution in [3.05, 3.63) is 42.5 Å². The molecule has 1 aromatic heterocycles. The molecule has 1 fully saturated rings. The fourth-order valence-electron chi connectivity index (χ4n) is 2.76.